The highest BCUT2D eigenvalue weighted by molar-refractivity contribution is 7.98. The lowest BCUT2D eigenvalue weighted by Crippen LogP contribution is -2.05. The third kappa shape index (κ3) is 2.94. The van der Waals surface area contributed by atoms with Crippen molar-refractivity contribution >= 4 is 17.5 Å². The monoisotopic (exact) mass is 318 g/mol. The van der Waals surface area contributed by atoms with E-state index in [4.69, 9.17) is 0 Å². The smallest absolute Gasteiger partial charge is 0.256 e. The van der Waals surface area contributed by atoms with Crippen LogP contribution in [0, 0.1) is 13.8 Å². The summed E-state index contributed by atoms with van der Waals surface area (Å²) >= 11 is 1.57. The molecule has 0 aromatic carbocycles. The number of aryl methyl sites for hydroxylation is 3. The molecular weight excluding hydrogens is 300 g/mol. The van der Waals surface area contributed by atoms with Crippen molar-refractivity contribution < 1.29 is 0 Å². The van der Waals surface area contributed by atoms with E-state index in [9.17, 15) is 0 Å². The largest absolute Gasteiger partial charge is 0.259 e. The molecule has 0 saturated carbocycles. The SMILES string of the molecule is CCCCn1nnnc1CSc1nnc2nc(C)cc(C)n12. The molecule has 0 unspecified atom stereocenters. The van der Waals surface area contributed by atoms with Gasteiger partial charge >= 0.3 is 0 Å². The van der Waals surface area contributed by atoms with Crippen LogP contribution in [0.1, 0.15) is 37.0 Å². The average Bonchev–Trinajstić information content (AvgIpc) is 3.09. The zero-order valence-electron chi connectivity index (χ0n) is 12.9. The predicted molar refractivity (Wildman–Crippen MR) is 82.5 cm³/mol. The number of aromatic nitrogens is 8. The van der Waals surface area contributed by atoms with E-state index in [0.29, 0.717) is 11.5 Å². The van der Waals surface area contributed by atoms with Gasteiger partial charge < -0.3 is 0 Å². The number of nitrogens with zero attached hydrogens (tertiary/aromatic N) is 8. The highest BCUT2D eigenvalue weighted by Gasteiger charge is 2.13. The van der Waals surface area contributed by atoms with Gasteiger partial charge in [-0.2, -0.15) is 0 Å². The van der Waals surface area contributed by atoms with Gasteiger partial charge in [-0.25, -0.2) is 9.67 Å². The minimum atomic E-state index is 0.630. The van der Waals surface area contributed by atoms with Crippen LogP contribution in [0.15, 0.2) is 11.2 Å². The Morgan fingerprint density at radius 2 is 2.05 bits per heavy atom. The molecule has 3 aromatic rings. The minimum Gasteiger partial charge on any atom is -0.259 e. The topological polar surface area (TPSA) is 86.7 Å². The maximum atomic E-state index is 4.39. The molecule has 8 nitrogen and oxygen atoms in total. The fraction of sp³-hybridized carbons (Fsp3) is 0.538. The van der Waals surface area contributed by atoms with Gasteiger partial charge in [0.2, 0.25) is 0 Å². The summed E-state index contributed by atoms with van der Waals surface area (Å²) in [5.41, 5.74) is 2.01. The second kappa shape index (κ2) is 6.39. The molecule has 0 aliphatic heterocycles. The maximum absolute atomic E-state index is 4.39. The molecule has 0 aliphatic rings. The standard InChI is InChI=1S/C13H18N8S/c1-4-5-6-20-11(15-18-19-20)8-22-13-17-16-12-14-9(2)7-10(3)21(12)13/h7H,4-6,8H2,1-3H3. The number of tetrazole rings is 1. The van der Waals surface area contributed by atoms with Crippen LogP contribution in [0.4, 0.5) is 0 Å². The van der Waals surface area contributed by atoms with E-state index in [2.05, 4.69) is 37.6 Å². The van der Waals surface area contributed by atoms with Crippen molar-refractivity contribution in [2.75, 3.05) is 0 Å². The van der Waals surface area contributed by atoms with E-state index in [1.54, 1.807) is 11.8 Å². The molecule has 3 heterocycles. The van der Waals surface area contributed by atoms with Crippen LogP contribution in [-0.4, -0.2) is 39.8 Å². The second-order valence-corrected chi connectivity index (χ2v) is 6.06. The number of hydrogen-bond acceptors (Lipinski definition) is 7. The summed E-state index contributed by atoms with van der Waals surface area (Å²) in [6.07, 6.45) is 2.18. The van der Waals surface area contributed by atoms with E-state index in [1.807, 2.05) is 29.0 Å². The van der Waals surface area contributed by atoms with Crippen molar-refractivity contribution in [1.29, 1.82) is 0 Å². The summed E-state index contributed by atoms with van der Waals surface area (Å²) in [5.74, 6) is 2.14. The summed E-state index contributed by atoms with van der Waals surface area (Å²) in [6, 6.07) is 2.02. The van der Waals surface area contributed by atoms with Crippen LogP contribution in [-0.2, 0) is 12.3 Å². The van der Waals surface area contributed by atoms with Gasteiger partial charge in [-0.3, -0.25) is 4.40 Å². The van der Waals surface area contributed by atoms with Crippen LogP contribution in [0.5, 0.6) is 0 Å². The summed E-state index contributed by atoms with van der Waals surface area (Å²) in [4.78, 5) is 4.39. The number of rotatable bonds is 6. The van der Waals surface area contributed by atoms with Crippen molar-refractivity contribution in [2.24, 2.45) is 0 Å². The molecule has 0 radical (unpaired) electrons. The van der Waals surface area contributed by atoms with Gasteiger partial charge in [0, 0.05) is 17.9 Å². The van der Waals surface area contributed by atoms with Crippen LogP contribution >= 0.6 is 11.8 Å². The lowest BCUT2D eigenvalue weighted by atomic mass is 10.3. The Morgan fingerprint density at radius 1 is 1.18 bits per heavy atom. The van der Waals surface area contributed by atoms with Gasteiger partial charge in [-0.15, -0.1) is 15.3 Å². The van der Waals surface area contributed by atoms with Crippen molar-refractivity contribution in [3.05, 3.63) is 23.3 Å². The molecule has 0 atom stereocenters. The first kappa shape index (κ1) is 14.9. The van der Waals surface area contributed by atoms with Gasteiger partial charge in [0.15, 0.2) is 11.0 Å². The molecule has 0 N–H and O–H groups in total. The van der Waals surface area contributed by atoms with Crippen molar-refractivity contribution in [3.8, 4) is 0 Å². The van der Waals surface area contributed by atoms with E-state index < -0.39 is 0 Å². The zero-order valence-corrected chi connectivity index (χ0v) is 13.7. The van der Waals surface area contributed by atoms with Crippen molar-refractivity contribution in [2.45, 2.75) is 51.1 Å². The molecular formula is C13H18N8S. The molecule has 3 aromatic heterocycles. The van der Waals surface area contributed by atoms with E-state index >= 15 is 0 Å². The molecule has 0 saturated heterocycles. The molecule has 3 rings (SSSR count). The second-order valence-electron chi connectivity index (χ2n) is 5.12. The lowest BCUT2D eigenvalue weighted by Gasteiger charge is -2.05. The Kier molecular flexibility index (Phi) is 4.32. The van der Waals surface area contributed by atoms with Gasteiger partial charge in [0.05, 0.1) is 5.75 Å². The highest BCUT2D eigenvalue weighted by Crippen LogP contribution is 2.21. The zero-order chi connectivity index (χ0) is 15.5. The number of thioether (sulfide) groups is 1. The number of hydrogen-bond donors (Lipinski definition) is 0. The normalized spacial score (nSPS) is 11.4. The van der Waals surface area contributed by atoms with Crippen LogP contribution in [0.2, 0.25) is 0 Å². The van der Waals surface area contributed by atoms with Crippen LogP contribution in [0.25, 0.3) is 5.78 Å². The quantitative estimate of drug-likeness (QED) is 0.641. The third-order valence-corrected chi connectivity index (χ3v) is 4.25. The van der Waals surface area contributed by atoms with Gasteiger partial charge in [0.25, 0.3) is 5.78 Å². The first-order valence-corrected chi connectivity index (χ1v) is 8.25. The molecule has 0 bridgehead atoms. The summed E-state index contributed by atoms with van der Waals surface area (Å²) < 4.78 is 3.81. The van der Waals surface area contributed by atoms with Gasteiger partial charge in [-0.1, -0.05) is 25.1 Å². The minimum absolute atomic E-state index is 0.630. The predicted octanol–water partition coefficient (Wildman–Crippen LogP) is 1.82. The molecule has 0 amide bonds. The Morgan fingerprint density at radius 3 is 2.86 bits per heavy atom. The van der Waals surface area contributed by atoms with Crippen LogP contribution < -0.4 is 0 Å². The molecule has 9 heteroatoms. The summed E-state index contributed by atoms with van der Waals surface area (Å²) in [5, 5.41) is 21.1. The average molecular weight is 318 g/mol. The van der Waals surface area contributed by atoms with Crippen molar-refractivity contribution in [3.63, 3.8) is 0 Å². The van der Waals surface area contributed by atoms with Crippen molar-refractivity contribution in [1.82, 2.24) is 39.8 Å². The Hall–Kier alpha value is -2.03. The molecule has 116 valence electrons. The lowest BCUT2D eigenvalue weighted by molar-refractivity contribution is 0.540. The number of unbranched alkanes of at least 4 members (excludes halogenated alkanes) is 1. The van der Waals surface area contributed by atoms with Crippen LogP contribution in [0.3, 0.4) is 0 Å². The molecule has 0 fully saturated rings. The highest BCUT2D eigenvalue weighted by atomic mass is 32.2. The number of fused-ring (bicyclic) bond motifs is 1. The molecule has 0 aliphatic carbocycles. The maximum Gasteiger partial charge on any atom is 0.256 e. The summed E-state index contributed by atoms with van der Waals surface area (Å²) in [7, 11) is 0. The molecule has 0 spiro atoms. The first-order valence-electron chi connectivity index (χ1n) is 7.26. The first-order chi connectivity index (χ1) is 10.7. The Labute approximate surface area is 132 Å². The van der Waals surface area contributed by atoms with E-state index in [-0.39, 0.29) is 0 Å². The van der Waals surface area contributed by atoms with Gasteiger partial charge in [0.1, 0.15) is 0 Å². The Bertz CT molecular complexity index is 778. The van der Waals surface area contributed by atoms with E-state index in [0.717, 1.165) is 41.8 Å². The fourth-order valence-corrected chi connectivity index (χ4v) is 3.15. The van der Waals surface area contributed by atoms with Gasteiger partial charge in [-0.05, 0) is 36.8 Å². The third-order valence-electron chi connectivity index (χ3n) is 3.32. The Balaban J connectivity index is 1.79. The van der Waals surface area contributed by atoms with E-state index in [1.165, 1.54) is 0 Å². The summed E-state index contributed by atoms with van der Waals surface area (Å²) in [6.45, 7) is 6.98. The molecule has 22 heavy (non-hydrogen) atoms. The fourth-order valence-electron chi connectivity index (χ4n) is 2.23.